The highest BCUT2D eigenvalue weighted by Gasteiger charge is 2.15. The quantitative estimate of drug-likeness (QED) is 0.614. The molecular formula is C8H6BrN3O2. The number of benzene rings is 1. The Bertz CT molecular complexity index is 431. The summed E-state index contributed by atoms with van der Waals surface area (Å²) in [7, 11) is 0. The Morgan fingerprint density at radius 1 is 1.57 bits per heavy atom. The Hall–Kier alpha value is -1.43. The van der Waals surface area contributed by atoms with Crippen molar-refractivity contribution in [3.63, 3.8) is 0 Å². The van der Waals surface area contributed by atoms with Gasteiger partial charge in [0.15, 0.2) is 0 Å². The SMILES string of the molecule is O=[N+]([O-])c1ccc2c(c1)CNN=C2Br. The second-order valence-corrected chi connectivity index (χ2v) is 3.59. The van der Waals surface area contributed by atoms with Crippen molar-refractivity contribution in [1.29, 1.82) is 0 Å². The predicted octanol–water partition coefficient (Wildman–Crippen LogP) is 1.75. The lowest BCUT2D eigenvalue weighted by Crippen LogP contribution is -2.16. The Morgan fingerprint density at radius 3 is 3.07 bits per heavy atom. The molecule has 0 saturated carbocycles. The minimum atomic E-state index is -0.403. The summed E-state index contributed by atoms with van der Waals surface area (Å²) in [6, 6.07) is 4.72. The second kappa shape index (κ2) is 3.38. The molecule has 0 fully saturated rings. The molecule has 2 rings (SSSR count). The summed E-state index contributed by atoms with van der Waals surface area (Å²) in [5.41, 5.74) is 4.65. The molecule has 0 saturated heterocycles. The Kier molecular flexibility index (Phi) is 2.20. The van der Waals surface area contributed by atoms with Crippen LogP contribution in [0, 0.1) is 10.1 Å². The fraction of sp³-hybridized carbons (Fsp3) is 0.125. The van der Waals surface area contributed by atoms with E-state index in [0.717, 1.165) is 11.1 Å². The van der Waals surface area contributed by atoms with E-state index in [1.54, 1.807) is 12.1 Å². The second-order valence-electron chi connectivity index (χ2n) is 2.84. The molecule has 0 radical (unpaired) electrons. The van der Waals surface area contributed by atoms with Crippen LogP contribution in [0.1, 0.15) is 11.1 Å². The Balaban J connectivity index is 2.51. The first-order chi connectivity index (χ1) is 6.68. The van der Waals surface area contributed by atoms with Crippen LogP contribution in [-0.2, 0) is 6.54 Å². The standard InChI is InChI=1S/C8H6BrN3O2/c9-8-7-2-1-6(12(13)14)3-5(7)4-10-11-8/h1-3,10H,4H2. The molecule has 6 heteroatoms. The van der Waals surface area contributed by atoms with Crippen LogP contribution in [0.4, 0.5) is 5.69 Å². The molecule has 1 aromatic rings. The summed E-state index contributed by atoms with van der Waals surface area (Å²) in [5, 5.41) is 14.5. The largest absolute Gasteiger partial charge is 0.305 e. The highest BCUT2D eigenvalue weighted by Crippen LogP contribution is 2.22. The van der Waals surface area contributed by atoms with Crippen molar-refractivity contribution < 1.29 is 4.92 Å². The molecule has 0 spiro atoms. The number of fused-ring (bicyclic) bond motifs is 1. The van der Waals surface area contributed by atoms with Gasteiger partial charge in [-0.3, -0.25) is 10.1 Å². The number of nitrogens with one attached hydrogen (secondary N) is 1. The number of halogens is 1. The van der Waals surface area contributed by atoms with Crippen molar-refractivity contribution in [2.45, 2.75) is 6.54 Å². The molecule has 1 aliphatic heterocycles. The zero-order valence-electron chi connectivity index (χ0n) is 7.03. The first kappa shape index (κ1) is 9.14. The molecule has 5 nitrogen and oxygen atoms in total. The molecule has 14 heavy (non-hydrogen) atoms. The van der Waals surface area contributed by atoms with Gasteiger partial charge in [-0.1, -0.05) is 0 Å². The smallest absolute Gasteiger partial charge is 0.269 e. The normalized spacial score (nSPS) is 13.9. The average Bonchev–Trinajstić information content (AvgIpc) is 2.17. The van der Waals surface area contributed by atoms with Gasteiger partial charge in [-0.15, -0.1) is 0 Å². The molecule has 0 amide bonds. The lowest BCUT2D eigenvalue weighted by Gasteiger charge is -2.13. The topological polar surface area (TPSA) is 67.5 Å². The van der Waals surface area contributed by atoms with Gasteiger partial charge in [-0.05, 0) is 27.6 Å². The van der Waals surface area contributed by atoms with Crippen LogP contribution in [0.2, 0.25) is 0 Å². The average molecular weight is 256 g/mol. The summed E-state index contributed by atoms with van der Waals surface area (Å²) in [6.45, 7) is 0.520. The van der Waals surface area contributed by atoms with E-state index in [1.807, 2.05) is 0 Å². The lowest BCUT2D eigenvalue weighted by atomic mass is 10.1. The molecule has 1 aliphatic rings. The molecule has 1 aromatic carbocycles. The van der Waals surface area contributed by atoms with E-state index in [1.165, 1.54) is 6.07 Å². The van der Waals surface area contributed by atoms with E-state index >= 15 is 0 Å². The molecule has 0 unspecified atom stereocenters. The van der Waals surface area contributed by atoms with Crippen molar-refractivity contribution in [3.8, 4) is 0 Å². The fourth-order valence-electron chi connectivity index (χ4n) is 1.30. The van der Waals surface area contributed by atoms with Crippen LogP contribution >= 0.6 is 15.9 Å². The number of hydrogen-bond donors (Lipinski definition) is 1. The maximum Gasteiger partial charge on any atom is 0.269 e. The molecule has 0 atom stereocenters. The maximum absolute atomic E-state index is 10.5. The van der Waals surface area contributed by atoms with Gasteiger partial charge in [-0.25, -0.2) is 0 Å². The molecular weight excluding hydrogens is 250 g/mol. The third kappa shape index (κ3) is 1.48. The zero-order chi connectivity index (χ0) is 10.1. The van der Waals surface area contributed by atoms with Gasteiger partial charge in [-0.2, -0.15) is 5.10 Å². The predicted molar refractivity (Wildman–Crippen MR) is 55.4 cm³/mol. The van der Waals surface area contributed by atoms with Crippen molar-refractivity contribution in [2.75, 3.05) is 0 Å². The van der Waals surface area contributed by atoms with Crippen LogP contribution in [0.25, 0.3) is 0 Å². The van der Waals surface area contributed by atoms with E-state index < -0.39 is 4.92 Å². The summed E-state index contributed by atoms with van der Waals surface area (Å²) in [6.07, 6.45) is 0. The molecule has 0 bridgehead atoms. The maximum atomic E-state index is 10.5. The van der Waals surface area contributed by atoms with Crippen molar-refractivity contribution in [3.05, 3.63) is 39.4 Å². The zero-order valence-corrected chi connectivity index (χ0v) is 8.61. The van der Waals surface area contributed by atoms with E-state index in [2.05, 4.69) is 26.5 Å². The minimum Gasteiger partial charge on any atom is -0.305 e. The van der Waals surface area contributed by atoms with Crippen LogP contribution in [0.15, 0.2) is 23.3 Å². The van der Waals surface area contributed by atoms with Gasteiger partial charge < -0.3 is 5.43 Å². The van der Waals surface area contributed by atoms with Gasteiger partial charge in [0.25, 0.3) is 5.69 Å². The number of hydrazone groups is 1. The highest BCUT2D eigenvalue weighted by molar-refractivity contribution is 9.18. The highest BCUT2D eigenvalue weighted by atomic mass is 79.9. The molecule has 1 N–H and O–H groups in total. The number of nitro benzene ring substituents is 1. The molecule has 1 heterocycles. The molecule has 72 valence electrons. The van der Waals surface area contributed by atoms with Gasteiger partial charge >= 0.3 is 0 Å². The van der Waals surface area contributed by atoms with Crippen LogP contribution in [-0.4, -0.2) is 9.54 Å². The van der Waals surface area contributed by atoms with Gasteiger partial charge in [0, 0.05) is 17.7 Å². The lowest BCUT2D eigenvalue weighted by molar-refractivity contribution is -0.384. The summed E-state index contributed by atoms with van der Waals surface area (Å²) >= 11 is 3.27. The summed E-state index contributed by atoms with van der Waals surface area (Å²) in [5.74, 6) is 0. The monoisotopic (exact) mass is 255 g/mol. The minimum absolute atomic E-state index is 0.104. The van der Waals surface area contributed by atoms with Crippen LogP contribution in [0.3, 0.4) is 0 Å². The molecule has 0 aliphatic carbocycles. The Morgan fingerprint density at radius 2 is 2.36 bits per heavy atom. The first-order valence-corrected chi connectivity index (χ1v) is 4.71. The summed E-state index contributed by atoms with van der Waals surface area (Å²) in [4.78, 5) is 10.1. The van der Waals surface area contributed by atoms with Crippen molar-refractivity contribution >= 4 is 26.2 Å². The van der Waals surface area contributed by atoms with Gasteiger partial charge in [0.05, 0.1) is 11.5 Å². The van der Waals surface area contributed by atoms with Crippen LogP contribution < -0.4 is 5.43 Å². The number of non-ortho nitro benzene ring substituents is 1. The van der Waals surface area contributed by atoms with Gasteiger partial charge in [0.1, 0.15) is 4.62 Å². The number of rotatable bonds is 1. The van der Waals surface area contributed by atoms with Gasteiger partial charge in [0.2, 0.25) is 0 Å². The van der Waals surface area contributed by atoms with E-state index in [0.29, 0.717) is 11.2 Å². The third-order valence-electron chi connectivity index (χ3n) is 1.97. The first-order valence-electron chi connectivity index (χ1n) is 3.92. The number of nitrogens with zero attached hydrogens (tertiary/aromatic N) is 2. The Labute approximate surface area is 88.1 Å². The van der Waals surface area contributed by atoms with E-state index in [-0.39, 0.29) is 5.69 Å². The third-order valence-corrected chi connectivity index (χ3v) is 2.57. The number of hydrogen-bond acceptors (Lipinski definition) is 4. The fourth-order valence-corrected chi connectivity index (χ4v) is 1.81. The summed E-state index contributed by atoms with van der Waals surface area (Å²) < 4.78 is 0.675. The van der Waals surface area contributed by atoms with Crippen LogP contribution in [0.5, 0.6) is 0 Å². The van der Waals surface area contributed by atoms with Crippen molar-refractivity contribution in [1.82, 2.24) is 5.43 Å². The van der Waals surface area contributed by atoms with Crippen molar-refractivity contribution in [2.24, 2.45) is 5.10 Å². The number of nitro groups is 1. The van der Waals surface area contributed by atoms with E-state index in [4.69, 9.17) is 0 Å². The molecule has 0 aromatic heterocycles. The van der Waals surface area contributed by atoms with E-state index in [9.17, 15) is 10.1 Å².